The first-order chi connectivity index (χ1) is 12.8. The maximum absolute atomic E-state index is 12.5. The Morgan fingerprint density at radius 2 is 1.58 bits per heavy atom. The number of benzene rings is 3. The summed E-state index contributed by atoms with van der Waals surface area (Å²) in [6, 6.07) is 26.2. The third kappa shape index (κ3) is 4.49. The van der Waals surface area contributed by atoms with Crippen LogP contribution in [0.4, 0.5) is 0 Å². The minimum Gasteiger partial charge on any atom is -0.488 e. The molecule has 3 rings (SSSR count). The number of nitrogens with one attached hydrogen (secondary N) is 1. The van der Waals surface area contributed by atoms with Crippen LogP contribution in [0.15, 0.2) is 78.9 Å². The van der Waals surface area contributed by atoms with Crippen LogP contribution < -0.4 is 10.1 Å². The van der Waals surface area contributed by atoms with E-state index in [-0.39, 0.29) is 5.91 Å². The summed E-state index contributed by atoms with van der Waals surface area (Å²) in [7, 11) is 0. The molecule has 0 heterocycles. The summed E-state index contributed by atoms with van der Waals surface area (Å²) >= 11 is 0. The van der Waals surface area contributed by atoms with Crippen LogP contribution in [-0.4, -0.2) is 5.91 Å². The first-order valence-electron chi connectivity index (χ1n) is 8.29. The van der Waals surface area contributed by atoms with E-state index in [1.165, 1.54) is 0 Å². The lowest BCUT2D eigenvalue weighted by Crippen LogP contribution is -2.23. The maximum atomic E-state index is 12.5. The smallest absolute Gasteiger partial charge is 0.255 e. The van der Waals surface area contributed by atoms with E-state index in [0.717, 1.165) is 11.1 Å². The molecule has 0 saturated heterocycles. The van der Waals surface area contributed by atoms with Crippen LogP contribution in [0.5, 0.6) is 5.75 Å². The van der Waals surface area contributed by atoms with Gasteiger partial charge in [0.1, 0.15) is 12.4 Å². The second-order valence-electron chi connectivity index (χ2n) is 5.76. The van der Waals surface area contributed by atoms with Gasteiger partial charge in [0, 0.05) is 6.54 Å². The Bertz CT molecular complexity index is 913. The second-order valence-corrected chi connectivity index (χ2v) is 5.76. The summed E-state index contributed by atoms with van der Waals surface area (Å²) in [5, 5.41) is 11.8. The number of nitrogens with zero attached hydrogens (tertiary/aromatic N) is 1. The van der Waals surface area contributed by atoms with Crippen molar-refractivity contribution in [2.75, 3.05) is 0 Å². The van der Waals surface area contributed by atoms with Crippen molar-refractivity contribution in [3.05, 3.63) is 101 Å². The van der Waals surface area contributed by atoms with Gasteiger partial charge in [-0.15, -0.1) is 0 Å². The van der Waals surface area contributed by atoms with Gasteiger partial charge in [-0.05, 0) is 35.4 Å². The highest BCUT2D eigenvalue weighted by Gasteiger charge is 2.12. The Morgan fingerprint density at radius 1 is 0.885 bits per heavy atom. The quantitative estimate of drug-likeness (QED) is 0.734. The molecule has 128 valence electrons. The standard InChI is InChI=1S/C22H18N2O2/c23-14-17-10-12-19(13-11-17)16-26-21-9-5-4-8-20(21)22(25)24-15-18-6-2-1-3-7-18/h1-13H,15-16H2,(H,24,25). The van der Waals surface area contributed by atoms with E-state index in [2.05, 4.69) is 11.4 Å². The van der Waals surface area contributed by atoms with E-state index in [4.69, 9.17) is 10.00 Å². The van der Waals surface area contributed by atoms with Gasteiger partial charge in [0.05, 0.1) is 17.2 Å². The molecule has 0 aromatic heterocycles. The number of hydrogen-bond acceptors (Lipinski definition) is 3. The topological polar surface area (TPSA) is 62.1 Å². The van der Waals surface area contributed by atoms with Crippen LogP contribution in [0.3, 0.4) is 0 Å². The number of hydrogen-bond donors (Lipinski definition) is 1. The molecule has 0 aliphatic rings. The molecule has 4 nitrogen and oxygen atoms in total. The van der Waals surface area contributed by atoms with Crippen LogP contribution in [0, 0.1) is 11.3 Å². The molecule has 4 heteroatoms. The first kappa shape index (κ1) is 17.2. The average Bonchev–Trinajstić information content (AvgIpc) is 2.72. The minimum atomic E-state index is -0.177. The molecule has 0 radical (unpaired) electrons. The van der Waals surface area contributed by atoms with Gasteiger partial charge in [-0.3, -0.25) is 4.79 Å². The zero-order chi connectivity index (χ0) is 18.2. The van der Waals surface area contributed by atoms with Crippen molar-refractivity contribution in [2.24, 2.45) is 0 Å². The third-order valence-electron chi connectivity index (χ3n) is 3.90. The number of carbonyl (C=O) groups is 1. The van der Waals surface area contributed by atoms with Crippen LogP contribution in [-0.2, 0) is 13.2 Å². The zero-order valence-corrected chi connectivity index (χ0v) is 14.2. The van der Waals surface area contributed by atoms with Gasteiger partial charge >= 0.3 is 0 Å². The van der Waals surface area contributed by atoms with E-state index in [1.807, 2.05) is 54.6 Å². The fourth-order valence-electron chi connectivity index (χ4n) is 2.49. The molecule has 26 heavy (non-hydrogen) atoms. The number of rotatable bonds is 6. The Labute approximate surface area is 152 Å². The largest absolute Gasteiger partial charge is 0.488 e. The van der Waals surface area contributed by atoms with Gasteiger partial charge in [0.15, 0.2) is 0 Å². The Kier molecular flexibility index (Phi) is 5.64. The second kappa shape index (κ2) is 8.50. The molecule has 0 unspecified atom stereocenters. The van der Waals surface area contributed by atoms with Crippen molar-refractivity contribution in [3.63, 3.8) is 0 Å². The summed E-state index contributed by atoms with van der Waals surface area (Å²) in [6.45, 7) is 0.790. The van der Waals surface area contributed by atoms with Crippen molar-refractivity contribution in [1.29, 1.82) is 5.26 Å². The summed E-state index contributed by atoms with van der Waals surface area (Å²) < 4.78 is 5.83. The molecule has 3 aromatic rings. The van der Waals surface area contributed by atoms with Crippen molar-refractivity contribution in [1.82, 2.24) is 5.32 Å². The molecule has 0 aliphatic carbocycles. The number of nitriles is 1. The number of ether oxygens (including phenoxy) is 1. The highest BCUT2D eigenvalue weighted by molar-refractivity contribution is 5.96. The molecule has 0 bridgehead atoms. The lowest BCUT2D eigenvalue weighted by molar-refractivity contribution is 0.0946. The SMILES string of the molecule is N#Cc1ccc(COc2ccccc2C(=O)NCc2ccccc2)cc1. The summed E-state index contributed by atoms with van der Waals surface area (Å²) in [5.74, 6) is 0.353. The van der Waals surface area contributed by atoms with Crippen molar-refractivity contribution < 1.29 is 9.53 Å². The van der Waals surface area contributed by atoms with Gasteiger partial charge in [0.2, 0.25) is 0 Å². The molecule has 1 amide bonds. The number of amides is 1. The maximum Gasteiger partial charge on any atom is 0.255 e. The van der Waals surface area contributed by atoms with Crippen LogP contribution in [0.2, 0.25) is 0 Å². The summed E-state index contributed by atoms with van der Waals surface area (Å²) in [4.78, 5) is 12.5. The van der Waals surface area contributed by atoms with Gasteiger partial charge in [-0.25, -0.2) is 0 Å². The van der Waals surface area contributed by atoms with Crippen molar-refractivity contribution in [3.8, 4) is 11.8 Å². The fourth-order valence-corrected chi connectivity index (χ4v) is 2.49. The highest BCUT2D eigenvalue weighted by Crippen LogP contribution is 2.19. The van der Waals surface area contributed by atoms with E-state index >= 15 is 0 Å². The third-order valence-corrected chi connectivity index (χ3v) is 3.90. The van der Waals surface area contributed by atoms with E-state index in [9.17, 15) is 4.79 Å². The molecule has 1 N–H and O–H groups in total. The molecule has 0 atom stereocenters. The minimum absolute atomic E-state index is 0.177. The average molecular weight is 342 g/mol. The Morgan fingerprint density at radius 3 is 2.31 bits per heavy atom. The van der Waals surface area contributed by atoms with Crippen molar-refractivity contribution in [2.45, 2.75) is 13.2 Å². The van der Waals surface area contributed by atoms with Gasteiger partial charge in [0.25, 0.3) is 5.91 Å². The fraction of sp³-hybridized carbons (Fsp3) is 0.0909. The van der Waals surface area contributed by atoms with E-state index in [1.54, 1.807) is 24.3 Å². The number of carbonyl (C=O) groups excluding carboxylic acids is 1. The van der Waals surface area contributed by atoms with E-state index in [0.29, 0.717) is 30.0 Å². The van der Waals surface area contributed by atoms with Crippen molar-refractivity contribution >= 4 is 5.91 Å². The summed E-state index contributed by atoms with van der Waals surface area (Å²) in [6.07, 6.45) is 0. The first-order valence-corrected chi connectivity index (χ1v) is 8.29. The summed E-state index contributed by atoms with van der Waals surface area (Å²) in [5.41, 5.74) is 3.08. The Hall–Kier alpha value is -3.58. The predicted molar refractivity (Wildman–Crippen MR) is 99.5 cm³/mol. The highest BCUT2D eigenvalue weighted by atomic mass is 16.5. The van der Waals surface area contributed by atoms with E-state index < -0.39 is 0 Å². The lowest BCUT2D eigenvalue weighted by atomic mass is 10.1. The Balaban J connectivity index is 1.65. The van der Waals surface area contributed by atoms with Gasteiger partial charge in [-0.2, -0.15) is 5.26 Å². The number of para-hydroxylation sites is 1. The van der Waals surface area contributed by atoms with Gasteiger partial charge in [-0.1, -0.05) is 54.6 Å². The van der Waals surface area contributed by atoms with Crippen LogP contribution in [0.25, 0.3) is 0 Å². The molecule has 0 spiro atoms. The predicted octanol–water partition coefficient (Wildman–Crippen LogP) is 4.07. The molecule has 0 fully saturated rings. The monoisotopic (exact) mass is 342 g/mol. The molecular weight excluding hydrogens is 324 g/mol. The molecular formula is C22H18N2O2. The molecule has 0 saturated carbocycles. The van der Waals surface area contributed by atoms with Crippen LogP contribution >= 0.6 is 0 Å². The lowest BCUT2D eigenvalue weighted by Gasteiger charge is -2.12. The molecule has 3 aromatic carbocycles. The van der Waals surface area contributed by atoms with Gasteiger partial charge < -0.3 is 10.1 Å². The normalized spacial score (nSPS) is 9.96. The molecule has 0 aliphatic heterocycles. The zero-order valence-electron chi connectivity index (χ0n) is 14.2. The van der Waals surface area contributed by atoms with Crippen LogP contribution in [0.1, 0.15) is 27.0 Å².